The third-order valence-corrected chi connectivity index (χ3v) is 9.87. The van der Waals surface area contributed by atoms with E-state index in [0.29, 0.717) is 34.8 Å². The lowest BCUT2D eigenvalue weighted by Crippen LogP contribution is -2.58. The first-order valence-corrected chi connectivity index (χ1v) is 16.0. The minimum absolute atomic E-state index is 0.112. The number of rotatable bonds is 7. The Morgan fingerprint density at radius 1 is 1.00 bits per heavy atom. The number of hydrogen-bond acceptors (Lipinski definition) is 5. The summed E-state index contributed by atoms with van der Waals surface area (Å²) < 4.78 is 5.69. The number of ether oxygens (including phenoxy) is 1. The van der Waals surface area contributed by atoms with Crippen LogP contribution in [0, 0.1) is 0 Å². The minimum Gasteiger partial charge on any atom is -0.492 e. The van der Waals surface area contributed by atoms with Crippen LogP contribution < -0.4 is 4.74 Å². The number of piperidine rings is 1. The average molecular weight is 601 g/mol. The van der Waals surface area contributed by atoms with Gasteiger partial charge in [0.25, 0.3) is 5.91 Å². The summed E-state index contributed by atoms with van der Waals surface area (Å²) in [7, 11) is 0. The highest BCUT2D eigenvalue weighted by Crippen LogP contribution is 2.33. The molecule has 0 radical (unpaired) electrons. The number of carbonyl (C=O) groups excluding carboxylic acids is 1. The van der Waals surface area contributed by atoms with Crippen LogP contribution in [0.3, 0.4) is 0 Å². The van der Waals surface area contributed by atoms with Crippen molar-refractivity contribution in [3.05, 3.63) is 74.4 Å². The zero-order chi connectivity index (χ0) is 28.4. The molecule has 2 aromatic carbocycles. The highest BCUT2D eigenvalue weighted by molar-refractivity contribution is 7.12. The van der Waals surface area contributed by atoms with Gasteiger partial charge in [-0.25, -0.2) is 0 Å². The Morgan fingerprint density at radius 2 is 1.73 bits per heavy atom. The maximum atomic E-state index is 13.3. The van der Waals surface area contributed by atoms with Crippen LogP contribution in [-0.2, 0) is 0 Å². The molecule has 2 aliphatic heterocycles. The summed E-state index contributed by atoms with van der Waals surface area (Å²) in [6.45, 7) is 13.3. The van der Waals surface area contributed by atoms with Crippen LogP contribution in [0.5, 0.6) is 5.75 Å². The molecule has 0 aliphatic carbocycles. The van der Waals surface area contributed by atoms with Crippen molar-refractivity contribution >= 4 is 40.4 Å². The Balaban J connectivity index is 1.17. The van der Waals surface area contributed by atoms with Gasteiger partial charge in [0.05, 0.1) is 6.61 Å². The van der Waals surface area contributed by atoms with Crippen LogP contribution in [0.15, 0.2) is 53.9 Å². The second kappa shape index (κ2) is 12.8. The zero-order valence-corrected chi connectivity index (χ0v) is 26.1. The summed E-state index contributed by atoms with van der Waals surface area (Å²) in [5.74, 6) is 0.829. The summed E-state index contributed by atoms with van der Waals surface area (Å²) in [4.78, 5) is 21.4. The van der Waals surface area contributed by atoms with Crippen molar-refractivity contribution in [2.24, 2.45) is 0 Å². The summed E-state index contributed by atoms with van der Waals surface area (Å²) in [5.41, 5.74) is 3.47. The van der Waals surface area contributed by atoms with Gasteiger partial charge in [0.2, 0.25) is 0 Å². The molecule has 2 fully saturated rings. The van der Waals surface area contributed by atoms with E-state index in [2.05, 4.69) is 54.8 Å². The van der Waals surface area contributed by atoms with E-state index in [-0.39, 0.29) is 11.9 Å². The smallest absolute Gasteiger partial charge is 0.267 e. The normalized spacial score (nSPS) is 23.2. The molecule has 1 amide bonds. The van der Waals surface area contributed by atoms with Crippen LogP contribution in [0.4, 0.5) is 0 Å². The average Bonchev–Trinajstić information content (AvgIpc) is 3.40. The van der Waals surface area contributed by atoms with Gasteiger partial charge in [-0.3, -0.25) is 14.6 Å². The zero-order valence-electron chi connectivity index (χ0n) is 23.8. The van der Waals surface area contributed by atoms with E-state index >= 15 is 0 Å². The van der Waals surface area contributed by atoms with Gasteiger partial charge in [-0.05, 0) is 86.9 Å². The number of likely N-dealkylation sites (tertiary alicyclic amines) is 1. The molecule has 214 valence electrons. The fourth-order valence-electron chi connectivity index (χ4n) is 6.41. The quantitative estimate of drug-likeness (QED) is 0.277. The number of halogens is 2. The topological polar surface area (TPSA) is 36.0 Å². The van der Waals surface area contributed by atoms with Gasteiger partial charge in [0.1, 0.15) is 10.6 Å². The second-order valence-electron chi connectivity index (χ2n) is 11.1. The molecule has 0 spiro atoms. The Labute approximate surface area is 252 Å². The number of benzene rings is 2. The molecule has 0 bridgehead atoms. The molecule has 40 heavy (non-hydrogen) atoms. The number of nitrogens with zero attached hydrogens (tertiary/aromatic N) is 3. The van der Waals surface area contributed by atoms with Gasteiger partial charge in [0, 0.05) is 60.4 Å². The number of carbonyl (C=O) groups is 1. The molecule has 5 rings (SSSR count). The van der Waals surface area contributed by atoms with Crippen molar-refractivity contribution in [1.82, 2.24) is 14.7 Å². The van der Waals surface area contributed by atoms with Crippen molar-refractivity contribution in [3.8, 4) is 16.9 Å². The van der Waals surface area contributed by atoms with Crippen molar-refractivity contribution in [3.63, 3.8) is 0 Å². The third kappa shape index (κ3) is 6.37. The van der Waals surface area contributed by atoms with Gasteiger partial charge < -0.3 is 9.64 Å². The molecule has 3 heterocycles. The first-order valence-electron chi connectivity index (χ1n) is 14.3. The molecule has 1 aromatic heterocycles. The van der Waals surface area contributed by atoms with Gasteiger partial charge >= 0.3 is 0 Å². The second-order valence-corrected chi connectivity index (χ2v) is 12.9. The summed E-state index contributed by atoms with van der Waals surface area (Å²) in [6, 6.07) is 17.9. The molecule has 2 unspecified atom stereocenters. The number of amides is 1. The standard InChI is InChI=1S/C32H39Cl2N3O2S/c1-5-39-30-11-15-40-31(30)32(38)37-12-10-29(16-21(37)2)35-13-14-36(22(3)20-35)23(4)24-6-8-25(9-7-24)26-17-27(33)19-28(34)18-26/h6-9,11,15,17-19,21-23,29H,5,10,12-14,16,20H2,1-4H3/t21?,22-,23+,29?/m1/s1. The van der Waals surface area contributed by atoms with Crippen LogP contribution in [0.2, 0.25) is 10.0 Å². The molecule has 2 aliphatic rings. The van der Waals surface area contributed by atoms with E-state index in [9.17, 15) is 4.79 Å². The maximum Gasteiger partial charge on any atom is 0.267 e. The maximum absolute atomic E-state index is 13.3. The summed E-state index contributed by atoms with van der Waals surface area (Å²) in [5, 5.41) is 3.24. The monoisotopic (exact) mass is 599 g/mol. The van der Waals surface area contributed by atoms with Gasteiger partial charge in [-0.2, -0.15) is 0 Å². The Hall–Kier alpha value is -2.09. The van der Waals surface area contributed by atoms with Crippen molar-refractivity contribution in [1.29, 1.82) is 0 Å². The molecular formula is C32H39Cl2N3O2S. The van der Waals surface area contributed by atoms with Crippen LogP contribution in [0.1, 0.15) is 61.8 Å². The molecule has 8 heteroatoms. The molecule has 0 N–H and O–H groups in total. The van der Waals surface area contributed by atoms with E-state index < -0.39 is 0 Å². The lowest BCUT2D eigenvalue weighted by molar-refractivity contribution is 0.00419. The van der Waals surface area contributed by atoms with Gasteiger partial charge in [-0.1, -0.05) is 47.5 Å². The first-order chi connectivity index (χ1) is 19.2. The van der Waals surface area contributed by atoms with Crippen LogP contribution >= 0.6 is 34.5 Å². The lowest BCUT2D eigenvalue weighted by atomic mass is 9.94. The van der Waals surface area contributed by atoms with E-state index in [1.807, 2.05) is 35.4 Å². The fourth-order valence-corrected chi connectivity index (χ4v) is 7.72. The summed E-state index contributed by atoms with van der Waals surface area (Å²) >= 11 is 13.9. The SMILES string of the molecule is CCOc1ccsc1C(=O)N1CCC(N2CCN([C@@H](C)c3ccc(-c4cc(Cl)cc(Cl)c4)cc3)[C@H](C)C2)CC1C. The Morgan fingerprint density at radius 3 is 2.38 bits per heavy atom. The summed E-state index contributed by atoms with van der Waals surface area (Å²) in [6.07, 6.45) is 2.03. The molecular weight excluding hydrogens is 561 g/mol. The predicted molar refractivity (Wildman–Crippen MR) is 167 cm³/mol. The van der Waals surface area contributed by atoms with Crippen LogP contribution in [-0.4, -0.2) is 71.5 Å². The molecule has 2 saturated heterocycles. The predicted octanol–water partition coefficient (Wildman–Crippen LogP) is 7.88. The molecule has 5 nitrogen and oxygen atoms in total. The largest absolute Gasteiger partial charge is 0.492 e. The van der Waals surface area contributed by atoms with E-state index in [4.69, 9.17) is 27.9 Å². The Bertz CT molecular complexity index is 1290. The minimum atomic E-state index is 0.112. The Kier molecular flexibility index (Phi) is 9.43. The van der Waals surface area contributed by atoms with Crippen molar-refractivity contribution < 1.29 is 9.53 Å². The number of hydrogen-bond donors (Lipinski definition) is 0. The number of piperazine rings is 1. The first kappa shape index (κ1) is 29.4. The highest BCUT2D eigenvalue weighted by atomic mass is 35.5. The van der Waals surface area contributed by atoms with Crippen molar-refractivity contribution in [2.75, 3.05) is 32.8 Å². The molecule has 3 aromatic rings. The number of thiophene rings is 1. The van der Waals surface area contributed by atoms with E-state index in [1.165, 1.54) is 16.9 Å². The van der Waals surface area contributed by atoms with E-state index in [0.717, 1.165) is 60.8 Å². The van der Waals surface area contributed by atoms with Crippen molar-refractivity contribution in [2.45, 2.75) is 64.7 Å². The fraction of sp³-hybridized carbons (Fsp3) is 0.469. The third-order valence-electron chi connectivity index (χ3n) is 8.55. The molecule has 0 saturated carbocycles. The van der Waals surface area contributed by atoms with Gasteiger partial charge in [-0.15, -0.1) is 11.3 Å². The molecule has 4 atom stereocenters. The van der Waals surface area contributed by atoms with E-state index in [1.54, 1.807) is 6.07 Å². The van der Waals surface area contributed by atoms with Crippen LogP contribution in [0.25, 0.3) is 11.1 Å². The van der Waals surface area contributed by atoms with Gasteiger partial charge in [0.15, 0.2) is 0 Å². The highest BCUT2D eigenvalue weighted by Gasteiger charge is 2.37. The lowest BCUT2D eigenvalue weighted by Gasteiger charge is -2.48.